The van der Waals surface area contributed by atoms with Crippen molar-refractivity contribution >= 4 is 5.96 Å². The zero-order chi connectivity index (χ0) is 17.5. The molecule has 5 heteroatoms. The van der Waals surface area contributed by atoms with Crippen molar-refractivity contribution in [1.29, 1.82) is 0 Å². The van der Waals surface area contributed by atoms with Crippen LogP contribution in [0.25, 0.3) is 0 Å². The van der Waals surface area contributed by atoms with Crippen LogP contribution in [0.2, 0.25) is 0 Å². The van der Waals surface area contributed by atoms with E-state index in [2.05, 4.69) is 27.0 Å². The molecule has 0 amide bonds. The lowest BCUT2D eigenvalue weighted by atomic mass is 10.1. The molecular weight excluding hydrogens is 312 g/mol. The Morgan fingerprint density at radius 1 is 1.16 bits per heavy atom. The average Bonchev–Trinajstić information content (AvgIpc) is 3.12. The van der Waals surface area contributed by atoms with Crippen molar-refractivity contribution in [2.75, 3.05) is 46.3 Å². The van der Waals surface area contributed by atoms with Crippen molar-refractivity contribution in [3.05, 3.63) is 30.3 Å². The Balaban J connectivity index is 1.41. The predicted molar refractivity (Wildman–Crippen MR) is 103 cm³/mol. The minimum Gasteiger partial charge on any atom is -0.490 e. The topological polar surface area (TPSA) is 40.1 Å². The molecule has 0 bridgehead atoms. The van der Waals surface area contributed by atoms with Gasteiger partial charge in [0.05, 0.1) is 0 Å². The fourth-order valence-corrected chi connectivity index (χ4v) is 3.81. The number of ether oxygens (including phenoxy) is 1. The van der Waals surface area contributed by atoms with Crippen LogP contribution in [0.3, 0.4) is 0 Å². The molecule has 0 aliphatic carbocycles. The Bertz CT molecular complexity index is 540. The summed E-state index contributed by atoms with van der Waals surface area (Å²) in [5.74, 6) is 2.77. The van der Waals surface area contributed by atoms with Gasteiger partial charge in [-0.2, -0.15) is 0 Å². The van der Waals surface area contributed by atoms with Crippen LogP contribution in [0, 0.1) is 5.92 Å². The lowest BCUT2D eigenvalue weighted by molar-refractivity contribution is 0.129. The van der Waals surface area contributed by atoms with Gasteiger partial charge in [0.25, 0.3) is 0 Å². The molecule has 0 spiro atoms. The summed E-state index contributed by atoms with van der Waals surface area (Å²) in [6.07, 6.45) is 3.69. The lowest BCUT2D eigenvalue weighted by Gasteiger charge is -2.34. The maximum atomic E-state index is 6.09. The number of likely N-dealkylation sites (tertiary alicyclic amines) is 2. The van der Waals surface area contributed by atoms with E-state index >= 15 is 0 Å². The van der Waals surface area contributed by atoms with Gasteiger partial charge in [0.15, 0.2) is 5.96 Å². The van der Waals surface area contributed by atoms with E-state index in [1.807, 2.05) is 37.4 Å². The van der Waals surface area contributed by atoms with Gasteiger partial charge in [-0.3, -0.25) is 4.99 Å². The third-order valence-electron chi connectivity index (χ3n) is 5.37. The van der Waals surface area contributed by atoms with Crippen LogP contribution in [-0.2, 0) is 0 Å². The zero-order valence-electron chi connectivity index (χ0n) is 15.7. The fraction of sp³-hybridized carbons (Fsp3) is 0.650. The summed E-state index contributed by atoms with van der Waals surface area (Å²) in [7, 11) is 1.89. The number of rotatable bonds is 5. The highest BCUT2D eigenvalue weighted by molar-refractivity contribution is 5.80. The first-order valence-electron chi connectivity index (χ1n) is 9.68. The summed E-state index contributed by atoms with van der Waals surface area (Å²) in [6.45, 7) is 8.91. The lowest BCUT2D eigenvalue weighted by Crippen LogP contribution is -2.48. The number of guanidine groups is 1. The first kappa shape index (κ1) is 18.1. The quantitative estimate of drug-likeness (QED) is 0.658. The maximum absolute atomic E-state index is 6.09. The third-order valence-corrected chi connectivity index (χ3v) is 5.37. The molecule has 5 nitrogen and oxygen atoms in total. The van der Waals surface area contributed by atoms with Crippen molar-refractivity contribution in [3.63, 3.8) is 0 Å². The highest BCUT2D eigenvalue weighted by atomic mass is 16.5. The van der Waals surface area contributed by atoms with Crippen molar-refractivity contribution in [3.8, 4) is 5.75 Å². The van der Waals surface area contributed by atoms with Gasteiger partial charge in [0.2, 0.25) is 0 Å². The molecule has 2 saturated heterocycles. The molecule has 2 aliphatic heterocycles. The Hall–Kier alpha value is -1.75. The van der Waals surface area contributed by atoms with Gasteiger partial charge in [0, 0.05) is 46.1 Å². The minimum absolute atomic E-state index is 0.310. The zero-order valence-corrected chi connectivity index (χ0v) is 15.7. The van der Waals surface area contributed by atoms with Crippen molar-refractivity contribution in [2.45, 2.75) is 32.3 Å². The highest BCUT2D eigenvalue weighted by Crippen LogP contribution is 2.19. The molecule has 0 aromatic heterocycles. The van der Waals surface area contributed by atoms with E-state index in [4.69, 9.17) is 4.74 Å². The van der Waals surface area contributed by atoms with Gasteiger partial charge >= 0.3 is 0 Å². The molecule has 3 rings (SSSR count). The number of hydrogen-bond acceptors (Lipinski definition) is 3. The van der Waals surface area contributed by atoms with Gasteiger partial charge in [-0.05, 0) is 37.6 Å². The molecule has 1 atom stereocenters. The number of nitrogens with one attached hydrogen (secondary N) is 1. The molecule has 2 heterocycles. The fourth-order valence-electron chi connectivity index (χ4n) is 3.81. The molecule has 1 aromatic carbocycles. The van der Waals surface area contributed by atoms with Crippen LogP contribution in [0.15, 0.2) is 35.3 Å². The Morgan fingerprint density at radius 2 is 1.92 bits per heavy atom. The Kier molecular flexibility index (Phi) is 6.56. The van der Waals surface area contributed by atoms with Crippen molar-refractivity contribution < 1.29 is 4.74 Å². The minimum atomic E-state index is 0.310. The van der Waals surface area contributed by atoms with Crippen LogP contribution in [-0.4, -0.2) is 68.2 Å². The molecule has 2 aliphatic rings. The average molecular weight is 345 g/mol. The van der Waals surface area contributed by atoms with E-state index in [0.717, 1.165) is 50.1 Å². The van der Waals surface area contributed by atoms with E-state index in [-0.39, 0.29) is 0 Å². The van der Waals surface area contributed by atoms with E-state index < -0.39 is 0 Å². The number of piperidine rings is 1. The molecule has 2 fully saturated rings. The van der Waals surface area contributed by atoms with E-state index in [9.17, 15) is 0 Å². The molecule has 1 aromatic rings. The summed E-state index contributed by atoms with van der Waals surface area (Å²) < 4.78 is 6.09. The van der Waals surface area contributed by atoms with Gasteiger partial charge in [-0.15, -0.1) is 0 Å². The monoisotopic (exact) mass is 344 g/mol. The summed E-state index contributed by atoms with van der Waals surface area (Å²) in [4.78, 5) is 9.40. The largest absolute Gasteiger partial charge is 0.490 e. The van der Waals surface area contributed by atoms with Gasteiger partial charge in [-0.25, -0.2) is 0 Å². The number of nitrogens with zero attached hydrogens (tertiary/aromatic N) is 3. The summed E-state index contributed by atoms with van der Waals surface area (Å²) in [6, 6.07) is 10.1. The number of hydrogen-bond donors (Lipinski definition) is 1. The van der Waals surface area contributed by atoms with E-state index in [0.29, 0.717) is 6.10 Å². The smallest absolute Gasteiger partial charge is 0.193 e. The van der Waals surface area contributed by atoms with Crippen molar-refractivity contribution in [1.82, 2.24) is 15.1 Å². The molecule has 138 valence electrons. The van der Waals surface area contributed by atoms with Crippen LogP contribution in [0.4, 0.5) is 0 Å². The molecule has 1 unspecified atom stereocenters. The maximum Gasteiger partial charge on any atom is 0.193 e. The standard InChI is InChI=1S/C20H32N4O/c1-3-23-12-9-17(16-23)15-22-20(21-2)24-13-10-19(11-14-24)25-18-7-5-4-6-8-18/h4-8,17,19H,3,9-16H2,1-2H3,(H,21,22). The highest BCUT2D eigenvalue weighted by Gasteiger charge is 2.25. The van der Waals surface area contributed by atoms with Crippen LogP contribution in [0.5, 0.6) is 5.75 Å². The first-order chi connectivity index (χ1) is 12.3. The van der Waals surface area contributed by atoms with Gasteiger partial charge in [0.1, 0.15) is 11.9 Å². The molecule has 0 radical (unpaired) electrons. The predicted octanol–water partition coefficient (Wildman–Crippen LogP) is 2.45. The Labute approximate surface area is 152 Å². The van der Waals surface area contributed by atoms with E-state index in [1.165, 1.54) is 26.1 Å². The van der Waals surface area contributed by atoms with Crippen LogP contribution in [0.1, 0.15) is 26.2 Å². The second-order valence-electron chi connectivity index (χ2n) is 7.09. The first-order valence-corrected chi connectivity index (χ1v) is 9.68. The number of para-hydroxylation sites is 1. The summed E-state index contributed by atoms with van der Waals surface area (Å²) in [5, 5.41) is 3.60. The van der Waals surface area contributed by atoms with Crippen LogP contribution < -0.4 is 10.1 Å². The SMILES string of the molecule is CCN1CCC(CNC(=NC)N2CCC(Oc3ccccc3)CC2)C1. The Morgan fingerprint density at radius 3 is 2.56 bits per heavy atom. The van der Waals surface area contributed by atoms with Crippen LogP contribution >= 0.6 is 0 Å². The summed E-state index contributed by atoms with van der Waals surface area (Å²) in [5.41, 5.74) is 0. The van der Waals surface area contributed by atoms with E-state index in [1.54, 1.807) is 0 Å². The van der Waals surface area contributed by atoms with Crippen molar-refractivity contribution in [2.24, 2.45) is 10.9 Å². The summed E-state index contributed by atoms with van der Waals surface area (Å²) >= 11 is 0. The molecular formula is C20H32N4O. The number of aliphatic imine (C=N–C) groups is 1. The number of benzene rings is 1. The van der Waals surface area contributed by atoms with Gasteiger partial charge < -0.3 is 19.9 Å². The molecule has 0 saturated carbocycles. The normalized spacial score (nSPS) is 23.0. The second-order valence-corrected chi connectivity index (χ2v) is 7.09. The van der Waals surface area contributed by atoms with Gasteiger partial charge in [-0.1, -0.05) is 25.1 Å². The molecule has 1 N–H and O–H groups in total. The molecule has 25 heavy (non-hydrogen) atoms. The third kappa shape index (κ3) is 5.11. The second kappa shape index (κ2) is 9.09.